The van der Waals surface area contributed by atoms with Crippen molar-refractivity contribution in [2.24, 2.45) is 0 Å². The van der Waals surface area contributed by atoms with Crippen LogP contribution >= 0.6 is 0 Å². The fourth-order valence-electron chi connectivity index (χ4n) is 1.37. The second-order valence-electron chi connectivity index (χ2n) is 4.84. The van der Waals surface area contributed by atoms with E-state index in [0.717, 1.165) is 0 Å². The molecule has 2 aromatic carbocycles. The predicted octanol–water partition coefficient (Wildman–Crippen LogP) is 5.07. The maximum atomic E-state index is 2.28. The summed E-state index contributed by atoms with van der Waals surface area (Å²) < 4.78 is 0. The standard InChI is InChI=1S/C8H11.C7H9.C2H7Ge.Zr/c1-7(2)8-5-3-4-6-8;1-6-4-3-5-7(6)2;1-3-2;/h3-7H,1-2H3;3-5H,1-2H3;3H,1-2H3;/q2*-1;;+2. The Bertz CT molecular complexity index is 369. The minimum Gasteiger partial charge on any atom is 2.00 e. The summed E-state index contributed by atoms with van der Waals surface area (Å²) in [4.78, 5) is 0. The van der Waals surface area contributed by atoms with Crippen LogP contribution in [0.5, 0.6) is 0 Å². The van der Waals surface area contributed by atoms with Gasteiger partial charge in [-0.2, -0.15) is 41.0 Å². The van der Waals surface area contributed by atoms with E-state index in [0.29, 0.717) is 21.3 Å². The fraction of sp³-hybridized carbons (Fsp3) is 0.412. The largest absolute Gasteiger partial charge is 2.00 e. The van der Waals surface area contributed by atoms with Gasteiger partial charge in [0.15, 0.2) is 0 Å². The van der Waals surface area contributed by atoms with Gasteiger partial charge in [-0.1, -0.05) is 33.6 Å². The van der Waals surface area contributed by atoms with E-state index < -0.39 is 0 Å². The van der Waals surface area contributed by atoms with Crippen molar-refractivity contribution in [1.29, 1.82) is 0 Å². The average molecular weight is 395 g/mol. The van der Waals surface area contributed by atoms with Gasteiger partial charge in [0.25, 0.3) is 0 Å². The zero-order chi connectivity index (χ0) is 14.0. The molecule has 103 valence electrons. The number of hydrogen-bond donors (Lipinski definition) is 0. The third-order valence-corrected chi connectivity index (χ3v) is 2.67. The molecule has 0 aliphatic rings. The Labute approximate surface area is 145 Å². The van der Waals surface area contributed by atoms with E-state index in [1.54, 1.807) is 0 Å². The first kappa shape index (κ1) is 21.4. The molecule has 0 N–H and O–H groups in total. The SMILES string of the molecule is CC(C)c1cc[cH-]c1.Cc1ccc[c-]1C.[CH3][GeH][CH3].[Zr+2]. The minimum atomic E-state index is 0. The van der Waals surface area contributed by atoms with E-state index >= 15 is 0 Å². The minimum absolute atomic E-state index is 0. The fourth-order valence-corrected chi connectivity index (χ4v) is 1.37. The molecule has 2 heteroatoms. The Balaban J connectivity index is 0. The smallest absolute Gasteiger partial charge is 2.00 e. The Morgan fingerprint density at radius 3 is 1.95 bits per heavy atom. The van der Waals surface area contributed by atoms with Gasteiger partial charge in [-0.15, -0.1) is 0 Å². The third-order valence-electron chi connectivity index (χ3n) is 2.67. The van der Waals surface area contributed by atoms with Crippen LogP contribution in [0.2, 0.25) is 11.5 Å². The van der Waals surface area contributed by atoms with Crippen molar-refractivity contribution in [3.8, 4) is 0 Å². The van der Waals surface area contributed by atoms with Crippen molar-refractivity contribution in [1.82, 2.24) is 0 Å². The molecule has 0 aromatic heterocycles. The molecule has 0 unspecified atom stereocenters. The van der Waals surface area contributed by atoms with E-state index in [4.69, 9.17) is 0 Å². The van der Waals surface area contributed by atoms with Crippen LogP contribution < -0.4 is 0 Å². The average Bonchev–Trinajstić information content (AvgIpc) is 2.94. The first-order valence-electron chi connectivity index (χ1n) is 6.67. The number of rotatable bonds is 1. The second-order valence-corrected chi connectivity index (χ2v) is 7.26. The summed E-state index contributed by atoms with van der Waals surface area (Å²) >= 11 is 0.312. The van der Waals surface area contributed by atoms with Gasteiger partial charge in [0.05, 0.1) is 0 Å². The Morgan fingerprint density at radius 2 is 1.79 bits per heavy atom. The van der Waals surface area contributed by atoms with Gasteiger partial charge in [-0.3, -0.25) is 0 Å². The molecule has 0 aliphatic carbocycles. The number of aryl methyl sites for hydroxylation is 2. The summed E-state index contributed by atoms with van der Waals surface area (Å²) in [7, 11) is 0. The van der Waals surface area contributed by atoms with Crippen molar-refractivity contribution in [3.63, 3.8) is 0 Å². The molecule has 0 saturated heterocycles. The van der Waals surface area contributed by atoms with Crippen LogP contribution in [0, 0.1) is 13.8 Å². The van der Waals surface area contributed by atoms with Crippen molar-refractivity contribution in [2.45, 2.75) is 45.1 Å². The second kappa shape index (κ2) is 13.1. The molecule has 19 heavy (non-hydrogen) atoms. The summed E-state index contributed by atoms with van der Waals surface area (Å²) in [6.07, 6.45) is 0. The number of hydrogen-bond acceptors (Lipinski definition) is 0. The molecule has 0 atom stereocenters. The molecule has 0 nitrogen and oxygen atoms in total. The first-order chi connectivity index (χ1) is 8.52. The van der Waals surface area contributed by atoms with Crippen LogP contribution in [0.3, 0.4) is 0 Å². The predicted molar refractivity (Wildman–Crippen MR) is 86.5 cm³/mol. The summed E-state index contributed by atoms with van der Waals surface area (Å²) in [5.41, 5.74) is 4.21. The maximum absolute atomic E-state index is 2.28. The van der Waals surface area contributed by atoms with E-state index in [1.165, 1.54) is 16.7 Å². The van der Waals surface area contributed by atoms with Gasteiger partial charge in [0.2, 0.25) is 0 Å². The molecule has 0 heterocycles. The Morgan fingerprint density at radius 1 is 1.21 bits per heavy atom. The Hall–Kier alpha value is 0.126. The maximum Gasteiger partial charge on any atom is 2.00 e. The summed E-state index contributed by atoms with van der Waals surface area (Å²) in [5.74, 6) is 5.25. The monoisotopic (exact) mass is 395 g/mol. The zero-order valence-electron chi connectivity index (χ0n) is 13.2. The van der Waals surface area contributed by atoms with Gasteiger partial charge >= 0.3 is 53.1 Å². The van der Waals surface area contributed by atoms with Crippen molar-refractivity contribution < 1.29 is 26.2 Å². The van der Waals surface area contributed by atoms with Gasteiger partial charge in [0.1, 0.15) is 0 Å². The van der Waals surface area contributed by atoms with Crippen molar-refractivity contribution in [2.75, 3.05) is 0 Å². The van der Waals surface area contributed by atoms with Crippen LogP contribution in [0.1, 0.15) is 36.5 Å². The summed E-state index contributed by atoms with van der Waals surface area (Å²) in [6, 6.07) is 14.8. The molecular weight excluding hydrogens is 368 g/mol. The van der Waals surface area contributed by atoms with E-state index in [2.05, 4.69) is 81.7 Å². The van der Waals surface area contributed by atoms with Crippen molar-refractivity contribution in [3.05, 3.63) is 59.2 Å². The third kappa shape index (κ3) is 10.6. The molecule has 1 radical (unpaired) electrons. The van der Waals surface area contributed by atoms with Crippen LogP contribution in [0.4, 0.5) is 0 Å². The summed E-state index contributed by atoms with van der Waals surface area (Å²) in [5, 5.41) is 0. The molecule has 0 saturated carbocycles. The van der Waals surface area contributed by atoms with Crippen LogP contribution in [-0.2, 0) is 26.2 Å². The molecule has 0 fully saturated rings. The Kier molecular flexibility index (Phi) is 14.8. The normalized spacial score (nSPS) is 8.79. The summed E-state index contributed by atoms with van der Waals surface area (Å²) in [6.45, 7) is 8.65. The first-order valence-corrected chi connectivity index (χ1v) is 11.5. The van der Waals surface area contributed by atoms with Gasteiger partial charge in [0, 0.05) is 0 Å². The van der Waals surface area contributed by atoms with E-state index in [9.17, 15) is 0 Å². The molecule has 0 bridgehead atoms. The van der Waals surface area contributed by atoms with Crippen LogP contribution in [-0.4, -0.2) is 15.4 Å². The quantitative estimate of drug-likeness (QED) is 0.467. The zero-order valence-corrected chi connectivity index (χ0v) is 18.1. The van der Waals surface area contributed by atoms with Gasteiger partial charge < -0.3 is 0 Å². The molecule has 0 aliphatic heterocycles. The molecule has 2 rings (SSSR count). The van der Waals surface area contributed by atoms with Gasteiger partial charge in [-0.25, -0.2) is 18.2 Å². The molecule has 2 aromatic rings. The molecule has 0 spiro atoms. The van der Waals surface area contributed by atoms with Crippen molar-refractivity contribution >= 4 is 15.4 Å². The molecular formula is C17H27GeZr. The van der Waals surface area contributed by atoms with Crippen LogP contribution in [0.25, 0.3) is 0 Å². The van der Waals surface area contributed by atoms with E-state index in [1.807, 2.05) is 0 Å². The molecule has 0 amide bonds. The topological polar surface area (TPSA) is 0 Å². The van der Waals surface area contributed by atoms with Gasteiger partial charge in [-0.05, 0) is 0 Å². The van der Waals surface area contributed by atoms with E-state index in [-0.39, 0.29) is 26.2 Å². The van der Waals surface area contributed by atoms with Crippen LogP contribution in [0.15, 0.2) is 42.5 Å².